The van der Waals surface area contributed by atoms with Crippen LogP contribution in [0.3, 0.4) is 0 Å². The summed E-state index contributed by atoms with van der Waals surface area (Å²) in [4.78, 5) is 0. The number of fused-ring (bicyclic) bond motifs is 4. The van der Waals surface area contributed by atoms with Gasteiger partial charge in [0.25, 0.3) is 0 Å². The SMILES string of the molecule is [c]1ccc(-n2c3ccccc3c3cc(-c4ccc5ccccc5c4)ccc32)cc1. The summed E-state index contributed by atoms with van der Waals surface area (Å²) < 4.78 is 2.34. The van der Waals surface area contributed by atoms with E-state index in [1.807, 2.05) is 12.1 Å². The minimum absolute atomic E-state index is 1.16. The second-order valence-electron chi connectivity index (χ2n) is 7.40. The van der Waals surface area contributed by atoms with E-state index in [4.69, 9.17) is 0 Å². The molecule has 0 N–H and O–H groups in total. The van der Waals surface area contributed by atoms with Gasteiger partial charge in [0.05, 0.1) is 11.0 Å². The number of aromatic nitrogens is 1. The molecule has 0 saturated heterocycles. The summed E-state index contributed by atoms with van der Waals surface area (Å²) in [5, 5.41) is 5.10. The van der Waals surface area contributed by atoms with Crippen molar-refractivity contribution >= 4 is 32.6 Å². The van der Waals surface area contributed by atoms with Crippen molar-refractivity contribution in [2.75, 3.05) is 0 Å². The lowest BCUT2D eigenvalue weighted by atomic mass is 9.99. The van der Waals surface area contributed by atoms with Gasteiger partial charge < -0.3 is 4.57 Å². The maximum absolute atomic E-state index is 3.12. The zero-order valence-corrected chi connectivity index (χ0v) is 15.8. The number of rotatable bonds is 2. The van der Waals surface area contributed by atoms with Gasteiger partial charge in [-0.15, -0.1) is 0 Å². The van der Waals surface area contributed by atoms with Crippen molar-refractivity contribution in [3.8, 4) is 16.8 Å². The fourth-order valence-electron chi connectivity index (χ4n) is 4.33. The van der Waals surface area contributed by atoms with Crippen molar-refractivity contribution in [2.24, 2.45) is 0 Å². The number of hydrogen-bond donors (Lipinski definition) is 0. The molecule has 29 heavy (non-hydrogen) atoms. The van der Waals surface area contributed by atoms with E-state index in [1.54, 1.807) is 0 Å². The molecule has 0 bridgehead atoms. The van der Waals surface area contributed by atoms with E-state index in [9.17, 15) is 0 Å². The molecule has 0 saturated carbocycles. The Bertz CT molecular complexity index is 1490. The van der Waals surface area contributed by atoms with Crippen LogP contribution >= 0.6 is 0 Å². The molecule has 0 aliphatic carbocycles. The molecule has 1 nitrogen and oxygen atoms in total. The molecule has 1 aromatic heterocycles. The van der Waals surface area contributed by atoms with Crippen LogP contribution in [0.1, 0.15) is 0 Å². The first-order valence-corrected chi connectivity index (χ1v) is 9.87. The van der Waals surface area contributed by atoms with E-state index in [2.05, 4.69) is 108 Å². The molecule has 0 unspecified atom stereocenters. The third kappa shape index (κ3) is 2.55. The van der Waals surface area contributed by atoms with Gasteiger partial charge in [-0.3, -0.25) is 0 Å². The van der Waals surface area contributed by atoms with Crippen LogP contribution in [0.5, 0.6) is 0 Å². The van der Waals surface area contributed by atoms with Crippen LogP contribution in [0, 0.1) is 6.07 Å². The molecule has 6 rings (SSSR count). The molecule has 0 aliphatic rings. The molecule has 6 aromatic rings. The Morgan fingerprint density at radius 3 is 2.10 bits per heavy atom. The monoisotopic (exact) mass is 368 g/mol. The van der Waals surface area contributed by atoms with Crippen molar-refractivity contribution in [3.05, 3.63) is 115 Å². The van der Waals surface area contributed by atoms with Crippen LogP contribution in [0.4, 0.5) is 0 Å². The van der Waals surface area contributed by atoms with Crippen LogP contribution in [0.2, 0.25) is 0 Å². The van der Waals surface area contributed by atoms with Gasteiger partial charge in [0, 0.05) is 16.5 Å². The quantitative estimate of drug-likeness (QED) is 0.300. The first kappa shape index (κ1) is 16.1. The van der Waals surface area contributed by atoms with Crippen LogP contribution in [0.15, 0.2) is 109 Å². The predicted molar refractivity (Wildman–Crippen MR) is 123 cm³/mol. The van der Waals surface area contributed by atoms with E-state index >= 15 is 0 Å². The molecule has 1 heteroatoms. The van der Waals surface area contributed by atoms with E-state index in [0.717, 1.165) is 5.69 Å². The van der Waals surface area contributed by atoms with E-state index in [-0.39, 0.29) is 0 Å². The molecule has 1 radical (unpaired) electrons. The van der Waals surface area contributed by atoms with Crippen molar-refractivity contribution in [1.82, 2.24) is 4.57 Å². The summed E-state index contributed by atoms with van der Waals surface area (Å²) in [6, 6.07) is 42.0. The van der Waals surface area contributed by atoms with Crippen molar-refractivity contribution < 1.29 is 0 Å². The highest BCUT2D eigenvalue weighted by Gasteiger charge is 2.12. The number of benzene rings is 5. The summed E-state index contributed by atoms with van der Waals surface area (Å²) in [5.41, 5.74) is 6.10. The summed E-state index contributed by atoms with van der Waals surface area (Å²) in [5.74, 6) is 0. The normalized spacial score (nSPS) is 11.4. The lowest BCUT2D eigenvalue weighted by molar-refractivity contribution is 1.18. The van der Waals surface area contributed by atoms with Gasteiger partial charge in [0.2, 0.25) is 0 Å². The lowest BCUT2D eigenvalue weighted by Crippen LogP contribution is -1.92. The van der Waals surface area contributed by atoms with Gasteiger partial charge >= 0.3 is 0 Å². The second kappa shape index (κ2) is 6.35. The Balaban J connectivity index is 1.63. The average molecular weight is 368 g/mol. The van der Waals surface area contributed by atoms with Crippen molar-refractivity contribution in [2.45, 2.75) is 0 Å². The first-order valence-electron chi connectivity index (χ1n) is 9.87. The largest absolute Gasteiger partial charge is 0.309 e. The third-order valence-corrected chi connectivity index (χ3v) is 5.71. The van der Waals surface area contributed by atoms with Gasteiger partial charge in [-0.2, -0.15) is 0 Å². The minimum atomic E-state index is 1.16. The average Bonchev–Trinajstić information content (AvgIpc) is 3.13. The van der Waals surface area contributed by atoms with E-state index < -0.39 is 0 Å². The first-order chi connectivity index (χ1) is 14.4. The summed E-state index contributed by atoms with van der Waals surface area (Å²) in [6.07, 6.45) is 0. The smallest absolute Gasteiger partial charge is 0.0541 e. The van der Waals surface area contributed by atoms with E-state index in [1.165, 1.54) is 43.7 Å². The standard InChI is InChI=1S/C28H18N/c1-2-10-24(11-3-1)29-27-13-7-6-12-25(27)26-19-23(16-17-28(26)29)22-15-14-20-8-4-5-9-21(20)18-22/h2-19H. The van der Waals surface area contributed by atoms with Crippen LogP contribution in [-0.2, 0) is 0 Å². The Morgan fingerprint density at radius 2 is 1.21 bits per heavy atom. The van der Waals surface area contributed by atoms with Gasteiger partial charge in [-0.1, -0.05) is 72.8 Å². The van der Waals surface area contributed by atoms with E-state index in [0.29, 0.717) is 0 Å². The highest BCUT2D eigenvalue weighted by atomic mass is 15.0. The van der Waals surface area contributed by atoms with Crippen molar-refractivity contribution in [1.29, 1.82) is 0 Å². The summed E-state index contributed by atoms with van der Waals surface area (Å²) in [6.45, 7) is 0. The Kier molecular flexibility index (Phi) is 3.54. The molecule has 0 atom stereocenters. The second-order valence-corrected chi connectivity index (χ2v) is 7.40. The fourth-order valence-corrected chi connectivity index (χ4v) is 4.33. The van der Waals surface area contributed by atoms with Gasteiger partial charge in [-0.05, 0) is 64.4 Å². The fraction of sp³-hybridized carbons (Fsp3) is 0. The Hall–Kier alpha value is -3.84. The topological polar surface area (TPSA) is 4.93 Å². The van der Waals surface area contributed by atoms with Crippen molar-refractivity contribution in [3.63, 3.8) is 0 Å². The molecule has 5 aromatic carbocycles. The zero-order valence-electron chi connectivity index (χ0n) is 15.8. The predicted octanol–water partition coefficient (Wildman–Crippen LogP) is 7.40. The lowest BCUT2D eigenvalue weighted by Gasteiger charge is -2.08. The molecule has 0 amide bonds. The summed E-state index contributed by atoms with van der Waals surface area (Å²) in [7, 11) is 0. The Labute approximate surface area is 169 Å². The molecule has 0 aliphatic heterocycles. The zero-order chi connectivity index (χ0) is 19.2. The molecule has 135 valence electrons. The third-order valence-electron chi connectivity index (χ3n) is 5.71. The maximum Gasteiger partial charge on any atom is 0.0541 e. The molecule has 0 fully saturated rings. The summed E-state index contributed by atoms with van der Waals surface area (Å²) >= 11 is 0. The van der Waals surface area contributed by atoms with Crippen LogP contribution in [0.25, 0.3) is 49.4 Å². The van der Waals surface area contributed by atoms with Gasteiger partial charge in [-0.25, -0.2) is 0 Å². The molecule has 0 spiro atoms. The molecular weight excluding hydrogens is 350 g/mol. The minimum Gasteiger partial charge on any atom is -0.309 e. The number of nitrogens with zero attached hydrogens (tertiary/aromatic N) is 1. The number of hydrogen-bond acceptors (Lipinski definition) is 0. The van der Waals surface area contributed by atoms with Crippen LogP contribution in [-0.4, -0.2) is 4.57 Å². The van der Waals surface area contributed by atoms with Crippen LogP contribution < -0.4 is 0 Å². The van der Waals surface area contributed by atoms with Gasteiger partial charge in [0.15, 0.2) is 0 Å². The van der Waals surface area contributed by atoms with Gasteiger partial charge in [0.1, 0.15) is 0 Å². The highest BCUT2D eigenvalue weighted by molar-refractivity contribution is 6.10. The number of para-hydroxylation sites is 1. The highest BCUT2D eigenvalue weighted by Crippen LogP contribution is 2.35. The molecule has 1 heterocycles. The Morgan fingerprint density at radius 1 is 0.517 bits per heavy atom. The maximum atomic E-state index is 3.12. The molecular formula is C28H18N.